The predicted molar refractivity (Wildman–Crippen MR) is 118 cm³/mol. The zero-order valence-corrected chi connectivity index (χ0v) is 18.1. The monoisotopic (exact) mass is 444 g/mol. The standard InChI is InChI=1S/C23H25FN2O4S/c1-3-6-21-23(11-13-25-14-12-23)18-15-16(30-31(2,28)29)9-10-20(18)26(21)22(27)17-7-4-5-8-19(17)24/h3-5,7-10,15,21,25H,1,6,11-14H2,2H3. The lowest BCUT2D eigenvalue weighted by atomic mass is 9.69. The van der Waals surface area contributed by atoms with Crippen LogP contribution in [0.5, 0.6) is 5.75 Å². The number of carbonyl (C=O) groups excluding carboxylic acids is 1. The second-order valence-corrected chi connectivity index (χ2v) is 9.64. The van der Waals surface area contributed by atoms with Gasteiger partial charge in [-0.05, 0) is 68.2 Å². The fourth-order valence-corrected chi connectivity index (χ4v) is 5.38. The third kappa shape index (κ3) is 3.85. The van der Waals surface area contributed by atoms with Crippen molar-refractivity contribution in [1.82, 2.24) is 5.32 Å². The zero-order chi connectivity index (χ0) is 22.2. The first-order valence-electron chi connectivity index (χ1n) is 10.2. The van der Waals surface area contributed by atoms with Crippen molar-refractivity contribution in [1.29, 1.82) is 0 Å². The van der Waals surface area contributed by atoms with Crippen LogP contribution in [0.25, 0.3) is 0 Å². The molecule has 2 aromatic rings. The Bertz CT molecular complexity index is 1130. The van der Waals surface area contributed by atoms with E-state index in [1.54, 1.807) is 35.2 Å². The third-order valence-corrected chi connectivity index (χ3v) is 6.67. The number of nitrogens with zero attached hydrogens (tertiary/aromatic N) is 1. The SMILES string of the molecule is C=CCC1N(C(=O)c2ccccc2F)c2ccc(OS(C)(=O)=O)cc2C12CCNCC2. The van der Waals surface area contributed by atoms with Crippen LogP contribution in [-0.4, -0.2) is 39.7 Å². The highest BCUT2D eigenvalue weighted by molar-refractivity contribution is 7.86. The summed E-state index contributed by atoms with van der Waals surface area (Å²) in [4.78, 5) is 15.2. The highest BCUT2D eigenvalue weighted by Crippen LogP contribution is 2.53. The number of hydrogen-bond donors (Lipinski definition) is 1. The summed E-state index contributed by atoms with van der Waals surface area (Å²) in [5.41, 5.74) is 1.10. The molecule has 1 unspecified atom stereocenters. The summed E-state index contributed by atoms with van der Waals surface area (Å²) < 4.78 is 43.0. The molecule has 0 saturated carbocycles. The smallest absolute Gasteiger partial charge is 0.306 e. The van der Waals surface area contributed by atoms with E-state index in [1.807, 2.05) is 0 Å². The molecule has 4 rings (SSSR count). The van der Waals surface area contributed by atoms with Crippen molar-refractivity contribution in [3.8, 4) is 5.75 Å². The number of nitrogens with one attached hydrogen (secondary N) is 1. The largest absolute Gasteiger partial charge is 0.383 e. The van der Waals surface area contributed by atoms with Crippen molar-refractivity contribution in [3.63, 3.8) is 0 Å². The van der Waals surface area contributed by atoms with Gasteiger partial charge < -0.3 is 14.4 Å². The van der Waals surface area contributed by atoms with Gasteiger partial charge in [0.05, 0.1) is 17.9 Å². The van der Waals surface area contributed by atoms with Crippen molar-refractivity contribution in [2.75, 3.05) is 24.2 Å². The van der Waals surface area contributed by atoms with Gasteiger partial charge in [0.15, 0.2) is 0 Å². The maximum atomic E-state index is 14.5. The first-order valence-corrected chi connectivity index (χ1v) is 12.0. The van der Waals surface area contributed by atoms with Crippen LogP contribution in [-0.2, 0) is 15.5 Å². The van der Waals surface area contributed by atoms with Crippen LogP contribution in [0.1, 0.15) is 35.2 Å². The second kappa shape index (κ2) is 8.09. The molecule has 1 fully saturated rings. The van der Waals surface area contributed by atoms with Crippen LogP contribution >= 0.6 is 0 Å². The number of carbonyl (C=O) groups is 1. The topological polar surface area (TPSA) is 75.7 Å². The number of halogens is 1. The summed E-state index contributed by atoms with van der Waals surface area (Å²) in [5, 5.41) is 3.35. The molecule has 164 valence electrons. The number of fused-ring (bicyclic) bond motifs is 2. The minimum Gasteiger partial charge on any atom is -0.383 e. The van der Waals surface area contributed by atoms with Gasteiger partial charge in [-0.25, -0.2) is 4.39 Å². The molecule has 0 aliphatic carbocycles. The van der Waals surface area contributed by atoms with Crippen molar-refractivity contribution < 1.29 is 21.8 Å². The van der Waals surface area contributed by atoms with Crippen molar-refractivity contribution in [3.05, 3.63) is 72.1 Å². The molecule has 31 heavy (non-hydrogen) atoms. The lowest BCUT2D eigenvalue weighted by Crippen LogP contribution is -2.52. The van der Waals surface area contributed by atoms with E-state index in [0.717, 1.165) is 37.8 Å². The van der Waals surface area contributed by atoms with E-state index >= 15 is 0 Å². The molecule has 1 atom stereocenters. The molecule has 1 amide bonds. The van der Waals surface area contributed by atoms with E-state index in [1.165, 1.54) is 18.2 Å². The molecule has 1 spiro atoms. The van der Waals surface area contributed by atoms with Gasteiger partial charge in [0.2, 0.25) is 0 Å². The van der Waals surface area contributed by atoms with Gasteiger partial charge in [-0.2, -0.15) is 8.42 Å². The Labute approximate surface area is 181 Å². The summed E-state index contributed by atoms with van der Waals surface area (Å²) >= 11 is 0. The molecule has 2 heterocycles. The van der Waals surface area contributed by atoms with Gasteiger partial charge >= 0.3 is 10.1 Å². The maximum Gasteiger partial charge on any atom is 0.306 e. The van der Waals surface area contributed by atoms with E-state index < -0.39 is 27.3 Å². The Kier molecular flexibility index (Phi) is 5.61. The molecule has 1 N–H and O–H groups in total. The molecular weight excluding hydrogens is 419 g/mol. The van der Waals surface area contributed by atoms with Crippen LogP contribution in [0.15, 0.2) is 55.1 Å². The van der Waals surface area contributed by atoms with E-state index in [4.69, 9.17) is 4.18 Å². The summed E-state index contributed by atoms with van der Waals surface area (Å²) in [6.07, 6.45) is 4.80. The first kappa shape index (κ1) is 21.5. The zero-order valence-electron chi connectivity index (χ0n) is 17.3. The number of piperidine rings is 1. The molecule has 0 aromatic heterocycles. The fourth-order valence-electron chi connectivity index (χ4n) is 4.92. The summed E-state index contributed by atoms with van der Waals surface area (Å²) in [6, 6.07) is 10.6. The van der Waals surface area contributed by atoms with Gasteiger partial charge in [0, 0.05) is 11.1 Å². The summed E-state index contributed by atoms with van der Waals surface area (Å²) in [6.45, 7) is 5.40. The lowest BCUT2D eigenvalue weighted by molar-refractivity contribution is 0.0960. The molecule has 2 aliphatic heterocycles. The van der Waals surface area contributed by atoms with Crippen LogP contribution < -0.4 is 14.4 Å². The van der Waals surface area contributed by atoms with E-state index in [9.17, 15) is 17.6 Å². The Morgan fingerprint density at radius 3 is 2.65 bits per heavy atom. The minimum atomic E-state index is -3.70. The van der Waals surface area contributed by atoms with Gasteiger partial charge in [0.25, 0.3) is 5.91 Å². The van der Waals surface area contributed by atoms with E-state index in [-0.39, 0.29) is 17.4 Å². The minimum absolute atomic E-state index is 0.00459. The molecular formula is C23H25FN2O4S. The highest BCUT2D eigenvalue weighted by Gasteiger charge is 2.53. The number of benzene rings is 2. The Morgan fingerprint density at radius 1 is 1.29 bits per heavy atom. The molecule has 2 aromatic carbocycles. The molecule has 8 heteroatoms. The maximum absolute atomic E-state index is 14.5. The molecule has 0 bridgehead atoms. The summed E-state index contributed by atoms with van der Waals surface area (Å²) in [7, 11) is -3.70. The van der Waals surface area contributed by atoms with Crippen LogP contribution in [0.4, 0.5) is 10.1 Å². The molecule has 0 radical (unpaired) electrons. The first-order chi connectivity index (χ1) is 14.8. The number of hydrogen-bond acceptors (Lipinski definition) is 5. The number of anilines is 1. The lowest BCUT2D eigenvalue weighted by Gasteiger charge is -2.41. The Balaban J connectivity index is 1.89. The third-order valence-electron chi connectivity index (χ3n) is 6.17. The molecule has 2 aliphatic rings. The van der Waals surface area contributed by atoms with Gasteiger partial charge in [0.1, 0.15) is 11.6 Å². The van der Waals surface area contributed by atoms with Crippen LogP contribution in [0.2, 0.25) is 0 Å². The predicted octanol–water partition coefficient (Wildman–Crippen LogP) is 3.39. The van der Waals surface area contributed by atoms with Crippen LogP contribution in [0, 0.1) is 5.82 Å². The second-order valence-electron chi connectivity index (χ2n) is 8.07. The fraction of sp³-hybridized carbons (Fsp3) is 0.348. The van der Waals surface area contributed by atoms with Gasteiger partial charge in [-0.1, -0.05) is 18.2 Å². The van der Waals surface area contributed by atoms with Crippen LogP contribution in [0.3, 0.4) is 0 Å². The van der Waals surface area contributed by atoms with E-state index in [0.29, 0.717) is 12.1 Å². The van der Waals surface area contributed by atoms with Crippen molar-refractivity contribution in [2.24, 2.45) is 0 Å². The summed E-state index contributed by atoms with van der Waals surface area (Å²) in [5.74, 6) is -0.787. The number of amides is 1. The molecule has 1 saturated heterocycles. The highest BCUT2D eigenvalue weighted by atomic mass is 32.2. The van der Waals surface area contributed by atoms with Gasteiger partial charge in [-0.15, -0.1) is 6.58 Å². The van der Waals surface area contributed by atoms with E-state index in [2.05, 4.69) is 11.9 Å². The number of rotatable bonds is 5. The van der Waals surface area contributed by atoms with Gasteiger partial charge in [-0.3, -0.25) is 4.79 Å². The Morgan fingerprint density at radius 2 is 2.00 bits per heavy atom. The average Bonchev–Trinajstić information content (AvgIpc) is 2.97. The average molecular weight is 445 g/mol. The van der Waals surface area contributed by atoms with Crippen molar-refractivity contribution in [2.45, 2.75) is 30.7 Å². The Hall–Kier alpha value is -2.71. The quantitative estimate of drug-likeness (QED) is 0.565. The van der Waals surface area contributed by atoms with Crippen molar-refractivity contribution >= 4 is 21.7 Å². The normalized spacial score (nSPS) is 19.8. The molecule has 6 nitrogen and oxygen atoms in total.